The molecule has 0 aliphatic carbocycles. The fourth-order valence-corrected chi connectivity index (χ4v) is 2.23. The molecule has 0 unspecified atom stereocenters. The zero-order valence-corrected chi connectivity index (χ0v) is 11.1. The van der Waals surface area contributed by atoms with Crippen LogP contribution in [0.4, 0.5) is 0 Å². The van der Waals surface area contributed by atoms with Crippen LogP contribution < -0.4 is 10.1 Å². The van der Waals surface area contributed by atoms with Crippen LogP contribution in [-0.2, 0) is 11.2 Å². The van der Waals surface area contributed by atoms with Gasteiger partial charge in [-0.3, -0.25) is 4.79 Å². The summed E-state index contributed by atoms with van der Waals surface area (Å²) in [7, 11) is 1.63. The molecule has 96 valence electrons. The van der Waals surface area contributed by atoms with Gasteiger partial charge < -0.3 is 15.0 Å². The summed E-state index contributed by atoms with van der Waals surface area (Å²) in [5, 5.41) is 4.41. The first-order valence-corrected chi connectivity index (χ1v) is 6.08. The van der Waals surface area contributed by atoms with E-state index in [2.05, 4.69) is 10.3 Å². The van der Waals surface area contributed by atoms with Gasteiger partial charge in [-0.2, -0.15) is 0 Å². The largest absolute Gasteiger partial charge is 0.497 e. The molecule has 1 aromatic heterocycles. The Morgan fingerprint density at radius 2 is 2.28 bits per heavy atom. The molecule has 18 heavy (non-hydrogen) atoms. The van der Waals surface area contributed by atoms with Crippen molar-refractivity contribution in [3.8, 4) is 5.75 Å². The topological polar surface area (TPSA) is 54.1 Å². The first kappa shape index (κ1) is 12.8. The second kappa shape index (κ2) is 5.31. The molecule has 0 saturated heterocycles. The van der Waals surface area contributed by atoms with Gasteiger partial charge in [0.1, 0.15) is 10.9 Å². The molecule has 2 N–H and O–H groups in total. The summed E-state index contributed by atoms with van der Waals surface area (Å²) in [4.78, 5) is 14.0. The number of amides is 1. The Morgan fingerprint density at radius 3 is 2.94 bits per heavy atom. The summed E-state index contributed by atoms with van der Waals surface area (Å²) in [6, 6.07) is 5.76. The number of carbonyl (C=O) groups excluding carboxylic acids is 1. The highest BCUT2D eigenvalue weighted by molar-refractivity contribution is 6.31. The lowest BCUT2D eigenvalue weighted by atomic mass is 10.1. The Kier molecular flexibility index (Phi) is 3.77. The summed E-state index contributed by atoms with van der Waals surface area (Å²) < 4.78 is 5.20. The van der Waals surface area contributed by atoms with E-state index in [1.54, 1.807) is 7.11 Å². The van der Waals surface area contributed by atoms with Crippen molar-refractivity contribution in [1.82, 2.24) is 10.3 Å². The maximum Gasteiger partial charge on any atom is 0.216 e. The van der Waals surface area contributed by atoms with E-state index in [-0.39, 0.29) is 5.91 Å². The van der Waals surface area contributed by atoms with Crippen LogP contribution in [0.25, 0.3) is 10.9 Å². The molecule has 0 aliphatic heterocycles. The maximum atomic E-state index is 10.8. The summed E-state index contributed by atoms with van der Waals surface area (Å²) in [6.45, 7) is 2.07. The quantitative estimate of drug-likeness (QED) is 0.893. The van der Waals surface area contributed by atoms with Gasteiger partial charge in [0.2, 0.25) is 5.91 Å². The standard InChI is InChI=1S/C13H15ClN2O2/c1-8(17)15-6-5-10-11-7-9(18-2)3-4-12(11)16-13(10)14/h3-4,7,16H,5-6H2,1-2H3,(H,15,17). The number of aromatic nitrogens is 1. The van der Waals surface area contributed by atoms with E-state index in [9.17, 15) is 4.79 Å². The van der Waals surface area contributed by atoms with Gasteiger partial charge in [0.25, 0.3) is 0 Å². The molecule has 2 rings (SSSR count). The first-order valence-electron chi connectivity index (χ1n) is 5.70. The number of fused-ring (bicyclic) bond motifs is 1. The summed E-state index contributed by atoms with van der Waals surface area (Å²) in [5.74, 6) is 0.752. The van der Waals surface area contributed by atoms with E-state index < -0.39 is 0 Å². The normalized spacial score (nSPS) is 10.6. The first-order chi connectivity index (χ1) is 8.61. The van der Waals surface area contributed by atoms with Gasteiger partial charge in [0.15, 0.2) is 0 Å². The average Bonchev–Trinajstić information content (AvgIpc) is 2.64. The number of hydrogen-bond acceptors (Lipinski definition) is 2. The smallest absolute Gasteiger partial charge is 0.216 e. The fraction of sp³-hybridized carbons (Fsp3) is 0.308. The number of H-pyrrole nitrogens is 1. The van der Waals surface area contributed by atoms with Crippen LogP contribution in [-0.4, -0.2) is 24.5 Å². The number of carbonyl (C=O) groups is 1. The summed E-state index contributed by atoms with van der Waals surface area (Å²) >= 11 is 6.17. The number of hydrogen-bond donors (Lipinski definition) is 2. The Morgan fingerprint density at radius 1 is 1.50 bits per heavy atom. The van der Waals surface area contributed by atoms with Crippen LogP contribution in [0.15, 0.2) is 18.2 Å². The third-order valence-corrected chi connectivity index (χ3v) is 3.13. The van der Waals surface area contributed by atoms with E-state index >= 15 is 0 Å². The minimum Gasteiger partial charge on any atom is -0.497 e. The van der Waals surface area contributed by atoms with Gasteiger partial charge >= 0.3 is 0 Å². The molecular formula is C13H15ClN2O2. The zero-order valence-electron chi connectivity index (χ0n) is 10.3. The second-order valence-electron chi connectivity index (χ2n) is 4.06. The third kappa shape index (κ3) is 2.59. The van der Waals surface area contributed by atoms with Crippen molar-refractivity contribution < 1.29 is 9.53 Å². The molecule has 1 heterocycles. The molecule has 0 atom stereocenters. The van der Waals surface area contributed by atoms with Gasteiger partial charge in [-0.15, -0.1) is 0 Å². The SMILES string of the molecule is COc1ccc2[nH]c(Cl)c(CCNC(C)=O)c2c1. The molecule has 5 heteroatoms. The number of methoxy groups -OCH3 is 1. The maximum absolute atomic E-state index is 10.8. The minimum absolute atomic E-state index is 0.0384. The number of rotatable bonds is 4. The van der Waals surface area contributed by atoms with E-state index in [0.717, 1.165) is 22.2 Å². The molecule has 0 radical (unpaired) electrons. The van der Waals surface area contributed by atoms with Gasteiger partial charge in [0, 0.05) is 24.4 Å². The second-order valence-corrected chi connectivity index (χ2v) is 4.44. The lowest BCUT2D eigenvalue weighted by molar-refractivity contribution is -0.118. The van der Waals surface area contributed by atoms with Crippen molar-refractivity contribution in [1.29, 1.82) is 0 Å². The number of ether oxygens (including phenoxy) is 1. The monoisotopic (exact) mass is 266 g/mol. The van der Waals surface area contributed by atoms with Gasteiger partial charge in [-0.25, -0.2) is 0 Å². The number of benzene rings is 1. The average molecular weight is 267 g/mol. The van der Waals surface area contributed by atoms with Crippen LogP contribution >= 0.6 is 11.6 Å². The van der Waals surface area contributed by atoms with Crippen molar-refractivity contribution in [2.24, 2.45) is 0 Å². The predicted molar refractivity (Wildman–Crippen MR) is 72.2 cm³/mol. The highest BCUT2D eigenvalue weighted by Crippen LogP contribution is 2.29. The van der Waals surface area contributed by atoms with Crippen LogP contribution in [0.2, 0.25) is 5.15 Å². The third-order valence-electron chi connectivity index (χ3n) is 2.81. The van der Waals surface area contributed by atoms with E-state index in [1.165, 1.54) is 6.92 Å². The molecule has 0 fully saturated rings. The molecule has 0 bridgehead atoms. The van der Waals surface area contributed by atoms with Gasteiger partial charge in [0.05, 0.1) is 7.11 Å². The van der Waals surface area contributed by atoms with Crippen LogP contribution in [0, 0.1) is 0 Å². The van der Waals surface area contributed by atoms with Crippen molar-refractivity contribution in [2.45, 2.75) is 13.3 Å². The Balaban J connectivity index is 2.29. The lowest BCUT2D eigenvalue weighted by Gasteiger charge is -2.03. The zero-order chi connectivity index (χ0) is 13.1. The molecule has 2 aromatic rings. The highest BCUT2D eigenvalue weighted by atomic mass is 35.5. The molecule has 1 aromatic carbocycles. The molecule has 0 spiro atoms. The van der Waals surface area contributed by atoms with Gasteiger partial charge in [-0.05, 0) is 30.2 Å². The molecular weight excluding hydrogens is 252 g/mol. The van der Waals surface area contributed by atoms with Crippen LogP contribution in [0.1, 0.15) is 12.5 Å². The Hall–Kier alpha value is -1.68. The minimum atomic E-state index is -0.0384. The van der Waals surface area contributed by atoms with Crippen molar-refractivity contribution in [3.05, 3.63) is 28.9 Å². The predicted octanol–water partition coefficient (Wildman–Crippen LogP) is 2.51. The molecule has 4 nitrogen and oxygen atoms in total. The Labute approximate surface area is 110 Å². The van der Waals surface area contributed by atoms with Crippen LogP contribution in [0.3, 0.4) is 0 Å². The van der Waals surface area contributed by atoms with Crippen molar-refractivity contribution in [3.63, 3.8) is 0 Å². The number of aromatic amines is 1. The van der Waals surface area contributed by atoms with Crippen molar-refractivity contribution in [2.75, 3.05) is 13.7 Å². The van der Waals surface area contributed by atoms with E-state index in [0.29, 0.717) is 18.1 Å². The summed E-state index contributed by atoms with van der Waals surface area (Å²) in [6.07, 6.45) is 0.686. The Bertz CT molecular complexity index is 578. The van der Waals surface area contributed by atoms with Crippen LogP contribution in [0.5, 0.6) is 5.75 Å². The lowest BCUT2D eigenvalue weighted by Crippen LogP contribution is -2.22. The van der Waals surface area contributed by atoms with E-state index in [4.69, 9.17) is 16.3 Å². The molecule has 0 aliphatic rings. The molecule has 1 amide bonds. The number of halogens is 1. The highest BCUT2D eigenvalue weighted by Gasteiger charge is 2.10. The van der Waals surface area contributed by atoms with Gasteiger partial charge in [-0.1, -0.05) is 11.6 Å². The van der Waals surface area contributed by atoms with Crippen molar-refractivity contribution >= 4 is 28.4 Å². The fourth-order valence-electron chi connectivity index (χ4n) is 1.93. The molecule has 0 saturated carbocycles. The number of nitrogens with one attached hydrogen (secondary N) is 2. The van der Waals surface area contributed by atoms with E-state index in [1.807, 2.05) is 18.2 Å². The summed E-state index contributed by atoms with van der Waals surface area (Å²) in [5.41, 5.74) is 1.97.